The molecule has 1 aromatic heterocycles. The highest BCUT2D eigenvalue weighted by Gasteiger charge is 2.20. The molecule has 4 N–H and O–H groups in total. The molecule has 2 aromatic rings. The smallest absolute Gasteiger partial charge is 0.330 e. The number of carbonyl (C=O) groups is 1. The molecule has 0 aliphatic carbocycles. The summed E-state index contributed by atoms with van der Waals surface area (Å²) in [4.78, 5) is 40.8. The van der Waals surface area contributed by atoms with Gasteiger partial charge in [0.25, 0.3) is 5.56 Å². The van der Waals surface area contributed by atoms with Gasteiger partial charge in [-0.25, -0.2) is 9.18 Å². The van der Waals surface area contributed by atoms with E-state index >= 15 is 0 Å². The number of methoxy groups -OCH3 is 1. The van der Waals surface area contributed by atoms with Gasteiger partial charge in [0.05, 0.1) is 12.3 Å². The number of unbranched alkanes of at least 4 members (excludes halogenated alkanes) is 1. The summed E-state index contributed by atoms with van der Waals surface area (Å²) in [7, 11) is 1.51. The standard InChI is InChI=1S/C20H28FN5O4/c1-3-4-10-26-18(22)17(19(28)24-20(26)29)25(12-13-30-2)11-9-16(27)23-15-8-6-5-7-14(15)21/h5-8H,3-4,9-13,22H2,1-2H3,(H,23,27)(H,24,28,29). The van der Waals surface area contributed by atoms with Gasteiger partial charge < -0.3 is 20.7 Å². The molecular weight excluding hydrogens is 393 g/mol. The first kappa shape index (κ1) is 23.1. The second-order valence-electron chi connectivity index (χ2n) is 6.76. The van der Waals surface area contributed by atoms with E-state index in [1.807, 2.05) is 6.92 Å². The summed E-state index contributed by atoms with van der Waals surface area (Å²) in [5.41, 5.74) is 5.15. The molecule has 0 spiro atoms. The molecule has 0 radical (unpaired) electrons. The number of nitrogens with one attached hydrogen (secondary N) is 2. The van der Waals surface area contributed by atoms with E-state index in [0.29, 0.717) is 6.54 Å². The number of hydrogen-bond acceptors (Lipinski definition) is 6. The number of nitrogens with zero attached hydrogens (tertiary/aromatic N) is 2. The Hall–Kier alpha value is -3.14. The summed E-state index contributed by atoms with van der Waals surface area (Å²) < 4.78 is 20.2. The highest BCUT2D eigenvalue weighted by Crippen LogP contribution is 2.18. The number of rotatable bonds is 11. The number of H-pyrrole nitrogens is 1. The lowest BCUT2D eigenvalue weighted by molar-refractivity contribution is -0.116. The molecule has 0 saturated heterocycles. The molecule has 0 aliphatic rings. The molecule has 1 heterocycles. The lowest BCUT2D eigenvalue weighted by Crippen LogP contribution is -2.40. The topological polar surface area (TPSA) is 122 Å². The van der Waals surface area contributed by atoms with Crippen molar-refractivity contribution in [1.82, 2.24) is 9.55 Å². The van der Waals surface area contributed by atoms with E-state index in [0.717, 1.165) is 12.8 Å². The first-order valence-electron chi connectivity index (χ1n) is 9.79. The first-order chi connectivity index (χ1) is 14.4. The Kier molecular flexibility index (Phi) is 8.60. The average Bonchev–Trinajstić information content (AvgIpc) is 2.71. The normalized spacial score (nSPS) is 10.8. The third kappa shape index (κ3) is 5.93. The van der Waals surface area contributed by atoms with Crippen molar-refractivity contribution in [1.29, 1.82) is 0 Å². The summed E-state index contributed by atoms with van der Waals surface area (Å²) in [6.45, 7) is 3.04. The Morgan fingerprint density at radius 3 is 2.70 bits per heavy atom. The average molecular weight is 421 g/mol. The van der Waals surface area contributed by atoms with Crippen LogP contribution in [0.2, 0.25) is 0 Å². The SMILES string of the molecule is CCCCn1c(N)c(N(CCOC)CCC(=O)Nc2ccccc2F)c(=O)[nH]c1=O. The fourth-order valence-electron chi connectivity index (χ4n) is 2.97. The van der Waals surface area contributed by atoms with Gasteiger partial charge in [-0.3, -0.25) is 19.1 Å². The largest absolute Gasteiger partial charge is 0.383 e. The number of para-hydroxylation sites is 1. The summed E-state index contributed by atoms with van der Waals surface area (Å²) in [6.07, 6.45) is 1.55. The summed E-state index contributed by atoms with van der Waals surface area (Å²) >= 11 is 0. The molecule has 0 aliphatic heterocycles. The van der Waals surface area contributed by atoms with Gasteiger partial charge in [0.2, 0.25) is 5.91 Å². The number of hydrogen-bond donors (Lipinski definition) is 3. The van der Waals surface area contributed by atoms with Crippen LogP contribution in [0.15, 0.2) is 33.9 Å². The van der Waals surface area contributed by atoms with Crippen molar-refractivity contribution in [2.24, 2.45) is 0 Å². The summed E-state index contributed by atoms with van der Waals surface area (Å²) in [6, 6.07) is 5.85. The van der Waals surface area contributed by atoms with Crippen molar-refractivity contribution >= 4 is 23.1 Å². The number of ether oxygens (including phenoxy) is 1. The quantitative estimate of drug-likeness (QED) is 0.506. The number of benzene rings is 1. The van der Waals surface area contributed by atoms with Crippen molar-refractivity contribution in [3.8, 4) is 0 Å². The van der Waals surface area contributed by atoms with Crippen LogP contribution < -0.4 is 27.2 Å². The predicted molar refractivity (Wildman–Crippen MR) is 114 cm³/mol. The van der Waals surface area contributed by atoms with Gasteiger partial charge in [-0.05, 0) is 18.6 Å². The van der Waals surface area contributed by atoms with Gasteiger partial charge in [-0.2, -0.15) is 0 Å². The van der Waals surface area contributed by atoms with Crippen molar-refractivity contribution in [3.63, 3.8) is 0 Å². The van der Waals surface area contributed by atoms with Crippen LogP contribution in [0.3, 0.4) is 0 Å². The molecule has 0 fully saturated rings. The van der Waals surface area contributed by atoms with Crippen LogP contribution in [0, 0.1) is 5.82 Å². The third-order valence-electron chi connectivity index (χ3n) is 4.59. The van der Waals surface area contributed by atoms with Crippen molar-refractivity contribution in [2.75, 3.05) is 42.8 Å². The van der Waals surface area contributed by atoms with E-state index in [-0.39, 0.29) is 43.3 Å². The number of amides is 1. The lowest BCUT2D eigenvalue weighted by atomic mass is 10.2. The maximum absolute atomic E-state index is 13.7. The zero-order valence-electron chi connectivity index (χ0n) is 17.2. The monoisotopic (exact) mass is 421 g/mol. The van der Waals surface area contributed by atoms with Gasteiger partial charge in [0.1, 0.15) is 17.3 Å². The molecule has 10 heteroatoms. The van der Waals surface area contributed by atoms with E-state index in [2.05, 4.69) is 10.3 Å². The third-order valence-corrected chi connectivity index (χ3v) is 4.59. The fraction of sp³-hybridized carbons (Fsp3) is 0.450. The predicted octanol–water partition coefficient (Wildman–Crippen LogP) is 1.54. The number of aromatic nitrogens is 2. The molecule has 9 nitrogen and oxygen atoms in total. The van der Waals surface area contributed by atoms with Gasteiger partial charge >= 0.3 is 5.69 Å². The summed E-state index contributed by atoms with van der Waals surface area (Å²) in [5, 5.41) is 2.51. The lowest BCUT2D eigenvalue weighted by Gasteiger charge is -2.25. The van der Waals surface area contributed by atoms with Crippen LogP contribution in [0.5, 0.6) is 0 Å². The van der Waals surface area contributed by atoms with Gasteiger partial charge in [0.15, 0.2) is 0 Å². The Balaban J connectivity index is 2.23. The van der Waals surface area contributed by atoms with Crippen LogP contribution in [-0.4, -0.2) is 42.3 Å². The molecule has 30 heavy (non-hydrogen) atoms. The molecule has 2 rings (SSSR count). The minimum atomic E-state index is -0.629. The molecule has 0 unspecified atom stereocenters. The van der Waals surface area contributed by atoms with Gasteiger partial charge in [-0.1, -0.05) is 25.5 Å². The second kappa shape index (κ2) is 11.1. The van der Waals surface area contributed by atoms with Gasteiger partial charge in [-0.15, -0.1) is 0 Å². The van der Waals surface area contributed by atoms with Crippen molar-refractivity contribution in [2.45, 2.75) is 32.7 Å². The van der Waals surface area contributed by atoms with Crippen LogP contribution in [0.4, 0.5) is 21.6 Å². The Labute approximate surface area is 173 Å². The minimum absolute atomic E-state index is 0.0228. The van der Waals surface area contributed by atoms with Gasteiger partial charge in [0, 0.05) is 33.2 Å². The summed E-state index contributed by atoms with van der Waals surface area (Å²) in [5.74, 6) is -0.912. The van der Waals surface area contributed by atoms with E-state index in [9.17, 15) is 18.8 Å². The number of anilines is 3. The van der Waals surface area contributed by atoms with Crippen molar-refractivity contribution in [3.05, 3.63) is 50.9 Å². The Morgan fingerprint density at radius 2 is 2.03 bits per heavy atom. The fourth-order valence-corrected chi connectivity index (χ4v) is 2.97. The number of carbonyl (C=O) groups excluding carboxylic acids is 1. The van der Waals surface area contributed by atoms with Crippen LogP contribution in [-0.2, 0) is 16.1 Å². The first-order valence-corrected chi connectivity index (χ1v) is 9.79. The number of nitrogen functional groups attached to an aromatic ring is 1. The zero-order chi connectivity index (χ0) is 22.1. The molecule has 1 aromatic carbocycles. The molecule has 164 valence electrons. The van der Waals surface area contributed by atoms with Crippen molar-refractivity contribution < 1.29 is 13.9 Å². The number of halogens is 1. The Bertz CT molecular complexity index is 972. The van der Waals surface area contributed by atoms with E-state index in [1.54, 1.807) is 11.0 Å². The minimum Gasteiger partial charge on any atom is -0.383 e. The second-order valence-corrected chi connectivity index (χ2v) is 6.76. The highest BCUT2D eigenvalue weighted by molar-refractivity contribution is 5.91. The molecule has 1 amide bonds. The Morgan fingerprint density at radius 1 is 1.30 bits per heavy atom. The molecule has 0 saturated carbocycles. The maximum atomic E-state index is 13.7. The van der Waals surface area contributed by atoms with Crippen LogP contribution >= 0.6 is 0 Å². The van der Waals surface area contributed by atoms with E-state index < -0.39 is 23.0 Å². The zero-order valence-corrected chi connectivity index (χ0v) is 17.2. The van der Waals surface area contributed by atoms with Crippen LogP contribution in [0.25, 0.3) is 0 Å². The number of aromatic amines is 1. The molecule has 0 atom stereocenters. The highest BCUT2D eigenvalue weighted by atomic mass is 19.1. The van der Waals surface area contributed by atoms with E-state index in [4.69, 9.17) is 10.5 Å². The number of nitrogens with two attached hydrogens (primary N) is 1. The molecular formula is C20H28FN5O4. The maximum Gasteiger partial charge on any atom is 0.330 e. The van der Waals surface area contributed by atoms with E-state index in [1.165, 1.54) is 29.9 Å². The van der Waals surface area contributed by atoms with Crippen LogP contribution in [0.1, 0.15) is 26.2 Å². The molecule has 0 bridgehead atoms.